The predicted octanol–water partition coefficient (Wildman–Crippen LogP) is 3.47. The van der Waals surface area contributed by atoms with Gasteiger partial charge in [0, 0.05) is 43.7 Å². The van der Waals surface area contributed by atoms with Gasteiger partial charge in [0.15, 0.2) is 0 Å². The number of aromatic nitrogens is 2. The van der Waals surface area contributed by atoms with Crippen LogP contribution in [0.3, 0.4) is 0 Å². The molecule has 2 N–H and O–H groups in total. The molecule has 5 rings (SSSR count). The molecule has 0 radical (unpaired) electrons. The third-order valence-electron chi connectivity index (χ3n) is 6.38. The number of benzene rings is 2. The highest BCUT2D eigenvalue weighted by atomic mass is 35.5. The molecule has 2 saturated heterocycles. The van der Waals surface area contributed by atoms with Crippen molar-refractivity contribution in [1.29, 1.82) is 0 Å². The molecule has 3 aromatic rings. The number of amides is 2. The first-order chi connectivity index (χ1) is 15.7. The van der Waals surface area contributed by atoms with Crippen LogP contribution in [-0.4, -0.2) is 71.1 Å². The molecule has 3 heterocycles. The lowest BCUT2D eigenvalue weighted by Crippen LogP contribution is -2.52. The molecular formula is C25H29Cl2N5O2. The van der Waals surface area contributed by atoms with Crippen molar-refractivity contribution in [2.24, 2.45) is 5.92 Å². The van der Waals surface area contributed by atoms with Crippen LogP contribution in [0.1, 0.15) is 28.0 Å². The van der Waals surface area contributed by atoms with E-state index in [4.69, 9.17) is 0 Å². The summed E-state index contributed by atoms with van der Waals surface area (Å²) < 4.78 is 0. The number of rotatable bonds is 4. The van der Waals surface area contributed by atoms with Gasteiger partial charge in [-0.1, -0.05) is 36.4 Å². The van der Waals surface area contributed by atoms with Gasteiger partial charge in [-0.05, 0) is 42.8 Å². The minimum Gasteiger partial charge on any atom is -0.339 e. The van der Waals surface area contributed by atoms with E-state index in [0.29, 0.717) is 31.7 Å². The largest absolute Gasteiger partial charge is 0.339 e. The van der Waals surface area contributed by atoms with Gasteiger partial charge in [0.25, 0.3) is 5.91 Å². The molecule has 2 amide bonds. The van der Waals surface area contributed by atoms with Crippen molar-refractivity contribution >= 4 is 59.7 Å². The highest BCUT2D eigenvalue weighted by Crippen LogP contribution is 2.19. The Hall–Kier alpha value is -2.87. The maximum Gasteiger partial charge on any atom is 0.253 e. The van der Waals surface area contributed by atoms with Crippen molar-refractivity contribution in [3.8, 4) is 0 Å². The highest BCUT2D eigenvalue weighted by molar-refractivity contribution is 5.95. The molecule has 2 fully saturated rings. The van der Waals surface area contributed by atoms with Gasteiger partial charge < -0.3 is 15.1 Å². The lowest BCUT2D eigenvalue weighted by Gasteiger charge is -2.36. The van der Waals surface area contributed by atoms with E-state index in [9.17, 15) is 9.59 Å². The molecule has 180 valence electrons. The number of piperazine rings is 1. The minimum absolute atomic E-state index is 0. The van der Waals surface area contributed by atoms with Crippen LogP contribution in [0.25, 0.3) is 23.1 Å². The first-order valence-electron chi connectivity index (χ1n) is 11.2. The quantitative estimate of drug-likeness (QED) is 0.573. The van der Waals surface area contributed by atoms with Crippen LogP contribution in [0.4, 0.5) is 0 Å². The number of carbonyl (C=O) groups excluding carboxylic acids is 2. The number of nitrogens with one attached hydrogen (secondary N) is 2. The van der Waals surface area contributed by atoms with E-state index in [1.807, 2.05) is 70.5 Å². The summed E-state index contributed by atoms with van der Waals surface area (Å²) in [6.07, 6.45) is 4.89. The number of H-pyrrole nitrogens is 1. The SMILES string of the molecule is Cl.Cl.O=C(c1ccc(/C=C/c2n[nH]c3ccccc23)cc1)N1CCN(C(=O)C2CCNC2)CC1. The maximum atomic E-state index is 12.9. The zero-order valence-electron chi connectivity index (χ0n) is 18.8. The molecule has 0 spiro atoms. The predicted molar refractivity (Wildman–Crippen MR) is 139 cm³/mol. The van der Waals surface area contributed by atoms with Crippen molar-refractivity contribution in [2.75, 3.05) is 39.3 Å². The summed E-state index contributed by atoms with van der Waals surface area (Å²) >= 11 is 0. The first-order valence-corrected chi connectivity index (χ1v) is 11.2. The van der Waals surface area contributed by atoms with E-state index < -0.39 is 0 Å². The van der Waals surface area contributed by atoms with Crippen LogP contribution in [0, 0.1) is 5.92 Å². The van der Waals surface area contributed by atoms with Gasteiger partial charge in [-0.3, -0.25) is 14.7 Å². The summed E-state index contributed by atoms with van der Waals surface area (Å²) in [5.41, 5.74) is 3.58. The summed E-state index contributed by atoms with van der Waals surface area (Å²) in [4.78, 5) is 29.2. The molecule has 0 saturated carbocycles. The summed E-state index contributed by atoms with van der Waals surface area (Å²) in [7, 11) is 0. The van der Waals surface area contributed by atoms with Crippen LogP contribution < -0.4 is 5.32 Å². The number of aromatic amines is 1. The number of nitrogens with zero attached hydrogens (tertiary/aromatic N) is 3. The Kier molecular flexibility index (Phi) is 8.72. The van der Waals surface area contributed by atoms with Crippen molar-refractivity contribution in [3.63, 3.8) is 0 Å². The molecular weight excluding hydrogens is 473 g/mol. The zero-order chi connectivity index (χ0) is 21.9. The lowest BCUT2D eigenvalue weighted by atomic mass is 10.1. The van der Waals surface area contributed by atoms with Gasteiger partial charge in [0.2, 0.25) is 5.91 Å². The van der Waals surface area contributed by atoms with E-state index in [-0.39, 0.29) is 42.5 Å². The second-order valence-corrected chi connectivity index (χ2v) is 8.42. The van der Waals surface area contributed by atoms with E-state index in [2.05, 4.69) is 15.5 Å². The maximum absolute atomic E-state index is 12.9. The Morgan fingerprint density at radius 2 is 1.62 bits per heavy atom. The van der Waals surface area contributed by atoms with E-state index >= 15 is 0 Å². The molecule has 34 heavy (non-hydrogen) atoms. The Morgan fingerprint density at radius 1 is 0.912 bits per heavy atom. The summed E-state index contributed by atoms with van der Waals surface area (Å²) in [6, 6.07) is 15.7. The third-order valence-corrected chi connectivity index (χ3v) is 6.38. The Morgan fingerprint density at radius 3 is 2.32 bits per heavy atom. The second kappa shape index (κ2) is 11.5. The van der Waals surface area contributed by atoms with Gasteiger partial charge in [-0.15, -0.1) is 24.8 Å². The fraction of sp³-hybridized carbons (Fsp3) is 0.320. The zero-order valence-corrected chi connectivity index (χ0v) is 20.4. The molecule has 2 aliphatic heterocycles. The van der Waals surface area contributed by atoms with Crippen LogP contribution in [0.2, 0.25) is 0 Å². The monoisotopic (exact) mass is 501 g/mol. The minimum atomic E-state index is 0. The van der Waals surface area contributed by atoms with Crippen LogP contribution in [0.15, 0.2) is 48.5 Å². The molecule has 1 aromatic heterocycles. The van der Waals surface area contributed by atoms with Gasteiger partial charge in [0.1, 0.15) is 0 Å². The van der Waals surface area contributed by atoms with Gasteiger partial charge in [-0.25, -0.2) is 0 Å². The van der Waals surface area contributed by atoms with Crippen molar-refractivity contribution in [2.45, 2.75) is 6.42 Å². The summed E-state index contributed by atoms with van der Waals surface area (Å²) in [5.74, 6) is 0.341. The average molecular weight is 502 g/mol. The molecule has 1 atom stereocenters. The molecule has 0 aliphatic carbocycles. The van der Waals surface area contributed by atoms with Gasteiger partial charge in [0.05, 0.1) is 17.1 Å². The Bertz CT molecular complexity index is 1150. The van der Waals surface area contributed by atoms with Crippen molar-refractivity contribution in [3.05, 3.63) is 65.4 Å². The molecule has 2 aliphatic rings. The number of hydrogen-bond acceptors (Lipinski definition) is 4. The Labute approximate surface area is 211 Å². The topological polar surface area (TPSA) is 81.3 Å². The van der Waals surface area contributed by atoms with E-state index in [0.717, 1.165) is 41.7 Å². The third kappa shape index (κ3) is 5.43. The molecule has 9 heteroatoms. The van der Waals surface area contributed by atoms with Crippen molar-refractivity contribution in [1.82, 2.24) is 25.3 Å². The fourth-order valence-corrected chi connectivity index (χ4v) is 4.46. The van der Waals surface area contributed by atoms with Crippen LogP contribution >= 0.6 is 24.8 Å². The highest BCUT2D eigenvalue weighted by Gasteiger charge is 2.30. The Balaban J connectivity index is 0.00000162. The van der Waals surface area contributed by atoms with Crippen LogP contribution in [0.5, 0.6) is 0 Å². The molecule has 0 bridgehead atoms. The van der Waals surface area contributed by atoms with Gasteiger partial charge >= 0.3 is 0 Å². The van der Waals surface area contributed by atoms with Gasteiger partial charge in [-0.2, -0.15) is 5.10 Å². The number of halogens is 2. The first kappa shape index (κ1) is 25.7. The number of fused-ring (bicyclic) bond motifs is 1. The van der Waals surface area contributed by atoms with E-state index in [1.165, 1.54) is 0 Å². The fourth-order valence-electron chi connectivity index (χ4n) is 4.46. The number of hydrogen-bond donors (Lipinski definition) is 2. The summed E-state index contributed by atoms with van der Waals surface area (Å²) in [5, 5.41) is 11.7. The molecule has 7 nitrogen and oxygen atoms in total. The molecule has 2 aromatic carbocycles. The van der Waals surface area contributed by atoms with Crippen molar-refractivity contribution < 1.29 is 9.59 Å². The smallest absolute Gasteiger partial charge is 0.253 e. The normalized spacial score (nSPS) is 18.1. The number of para-hydroxylation sites is 1. The lowest BCUT2D eigenvalue weighted by molar-refractivity contribution is -0.136. The number of carbonyl (C=O) groups is 2. The standard InChI is InChI=1S/C25H27N5O2.2ClH/c31-24(29-13-15-30(16-14-29)25(32)20-11-12-26-17-20)19-8-5-18(6-9-19)7-10-23-21-3-1-2-4-22(21)27-28-23;;/h1-10,20,26H,11-17H2,(H,27,28);2*1H/b10-7+;;. The molecule has 1 unspecified atom stereocenters. The second-order valence-electron chi connectivity index (χ2n) is 8.42. The average Bonchev–Trinajstić information content (AvgIpc) is 3.53. The van der Waals surface area contributed by atoms with E-state index in [1.54, 1.807) is 0 Å². The summed E-state index contributed by atoms with van der Waals surface area (Å²) in [6.45, 7) is 4.07. The van der Waals surface area contributed by atoms with Crippen LogP contribution in [-0.2, 0) is 4.79 Å².